The zero-order chi connectivity index (χ0) is 43.0. The number of amides is 3. The number of likely N-dealkylation sites (tertiary alicyclic amines) is 1. The Morgan fingerprint density at radius 3 is 2.47 bits per heavy atom. The van der Waals surface area contributed by atoms with E-state index in [-0.39, 0.29) is 46.5 Å². The number of piperidine rings is 1. The number of imide groups is 1. The van der Waals surface area contributed by atoms with Crippen LogP contribution in [0.25, 0.3) is 16.7 Å². The summed E-state index contributed by atoms with van der Waals surface area (Å²) in [5, 5.41) is 6.42. The number of aromatic nitrogens is 5. The number of benzene rings is 1. The lowest BCUT2D eigenvalue weighted by atomic mass is 9.85. The molecule has 1 aromatic carbocycles. The molecule has 0 atom stereocenters. The first-order valence-corrected chi connectivity index (χ1v) is 23.7. The average Bonchev–Trinajstić information content (AvgIpc) is 3.95. The third kappa shape index (κ3) is 9.09. The van der Waals surface area contributed by atoms with Crippen molar-refractivity contribution in [2.24, 2.45) is 5.92 Å². The number of anilines is 3. The van der Waals surface area contributed by atoms with Crippen molar-refractivity contribution >= 4 is 67.7 Å². The third-order valence-corrected chi connectivity index (χ3v) is 14.9. The van der Waals surface area contributed by atoms with E-state index >= 15 is 0 Å². The van der Waals surface area contributed by atoms with Gasteiger partial charge >= 0.3 is 6.03 Å². The molecule has 4 aromatic heterocycles. The van der Waals surface area contributed by atoms with E-state index in [9.17, 15) is 22.8 Å². The van der Waals surface area contributed by atoms with Crippen LogP contribution in [0.1, 0.15) is 93.7 Å². The van der Waals surface area contributed by atoms with E-state index in [0.717, 1.165) is 89.5 Å². The van der Waals surface area contributed by atoms with E-state index in [1.807, 2.05) is 17.5 Å². The third-order valence-electron chi connectivity index (χ3n) is 13.1. The van der Waals surface area contributed by atoms with E-state index in [2.05, 4.69) is 42.4 Å². The number of sulfonamides is 1. The molecule has 9 rings (SSSR count). The molecule has 3 amide bonds. The Morgan fingerprint density at radius 2 is 1.71 bits per heavy atom. The number of nitrogens with zero attached hydrogens (tertiary/aromatic N) is 7. The number of imidazole rings is 1. The molecule has 18 heteroatoms. The largest absolute Gasteiger partial charge is 0.377 e. The lowest BCUT2D eigenvalue weighted by molar-refractivity contribution is -0.120. The van der Waals surface area contributed by atoms with Crippen molar-refractivity contribution in [3.05, 3.63) is 81.5 Å². The SMILES string of the molecule is Cc1cc(S(=O)(=O)NCCO[C@H]2CC[C@H](CN3CCC(c4ccn5c(N6CCC(=O)NC6=O)cnc5c4)CC3)CC2)ccc1Nc1ncc2cc(Cl)c(=O)n(C3CCCC3)c2n1. The summed E-state index contributed by atoms with van der Waals surface area (Å²) in [6.07, 6.45) is 15.9. The van der Waals surface area contributed by atoms with Crippen molar-refractivity contribution in [2.45, 2.75) is 101 Å². The Bertz CT molecular complexity index is 2650. The molecule has 4 fully saturated rings. The molecule has 6 heterocycles. The summed E-state index contributed by atoms with van der Waals surface area (Å²) in [6, 6.07) is 10.4. The lowest BCUT2D eigenvalue weighted by Crippen LogP contribution is -2.50. The molecule has 62 heavy (non-hydrogen) atoms. The number of hydrogen-bond acceptors (Lipinski definition) is 11. The zero-order valence-corrected chi connectivity index (χ0v) is 36.5. The van der Waals surface area contributed by atoms with Gasteiger partial charge in [0, 0.05) is 55.6 Å². The van der Waals surface area contributed by atoms with Gasteiger partial charge in [0.15, 0.2) is 0 Å². The van der Waals surface area contributed by atoms with Crippen molar-refractivity contribution in [3.8, 4) is 0 Å². The van der Waals surface area contributed by atoms with E-state index < -0.39 is 16.1 Å². The minimum Gasteiger partial charge on any atom is -0.377 e. The maximum atomic E-state index is 13.2. The summed E-state index contributed by atoms with van der Waals surface area (Å²) in [7, 11) is -3.77. The molecule has 3 N–H and O–H groups in total. The Balaban J connectivity index is 0.702. The van der Waals surface area contributed by atoms with Gasteiger partial charge in [-0.3, -0.25) is 28.8 Å². The first-order chi connectivity index (χ1) is 30.0. The predicted octanol–water partition coefficient (Wildman–Crippen LogP) is 6.44. The molecule has 328 valence electrons. The molecule has 2 saturated heterocycles. The van der Waals surface area contributed by atoms with Crippen LogP contribution in [0, 0.1) is 12.8 Å². The second kappa shape index (κ2) is 18.0. The fourth-order valence-corrected chi connectivity index (χ4v) is 11.0. The van der Waals surface area contributed by atoms with E-state index in [4.69, 9.17) is 21.3 Å². The average molecular weight is 885 g/mol. The molecule has 0 spiro atoms. The molecule has 4 aliphatic rings. The second-order valence-corrected chi connectivity index (χ2v) is 19.4. The maximum absolute atomic E-state index is 13.2. The highest BCUT2D eigenvalue weighted by atomic mass is 35.5. The topological polar surface area (TPSA) is 185 Å². The van der Waals surface area contributed by atoms with E-state index in [0.29, 0.717) is 59.0 Å². The molecule has 0 radical (unpaired) electrons. The molecule has 2 aliphatic carbocycles. The highest BCUT2D eigenvalue weighted by molar-refractivity contribution is 7.89. The number of ether oxygens (including phenoxy) is 1. The van der Waals surface area contributed by atoms with Crippen molar-refractivity contribution in [2.75, 3.05) is 49.5 Å². The Morgan fingerprint density at radius 1 is 0.919 bits per heavy atom. The fraction of sp³-hybridized carbons (Fsp3) is 0.500. The summed E-state index contributed by atoms with van der Waals surface area (Å²) >= 11 is 6.28. The number of carbonyl (C=O) groups excluding carboxylic acids is 2. The standard InChI is InChI=1S/C44H53ClN10O6S/c1-28-22-35(10-11-37(28)49-43-47-25-32-23-36(45)42(57)55(41(32)51-43)33-4-2-3-5-33)62(59,60)48-16-21-61-34-8-6-29(7-9-34)27-52-17-12-30(13-18-52)31-14-19-53-38(24-31)46-26-40(53)54-20-15-39(56)50-44(54)58/h10-11,14,19,22-26,29-30,33-34,48H,2-9,12-13,15-18,20-21,27H2,1H3,(H,47,49,51)(H,50,56,58)/t29-,34-. The van der Waals surface area contributed by atoms with Gasteiger partial charge in [-0.15, -0.1) is 0 Å². The van der Waals surface area contributed by atoms with Crippen LogP contribution in [0.2, 0.25) is 5.02 Å². The fourth-order valence-electron chi connectivity index (χ4n) is 9.71. The van der Waals surface area contributed by atoms with Crippen LogP contribution >= 0.6 is 11.6 Å². The van der Waals surface area contributed by atoms with Crippen molar-refractivity contribution in [1.82, 2.24) is 38.9 Å². The molecule has 0 unspecified atom stereocenters. The number of fused-ring (bicyclic) bond motifs is 2. The quantitative estimate of drug-likeness (QED) is 0.111. The lowest BCUT2D eigenvalue weighted by Gasteiger charge is -2.36. The first kappa shape index (κ1) is 42.4. The van der Waals surface area contributed by atoms with Crippen molar-refractivity contribution in [1.29, 1.82) is 0 Å². The zero-order valence-electron chi connectivity index (χ0n) is 34.9. The number of halogens is 1. The van der Waals surface area contributed by atoms with Crippen LogP contribution < -0.4 is 25.8 Å². The summed E-state index contributed by atoms with van der Waals surface area (Å²) < 4.78 is 39.0. The first-order valence-electron chi connectivity index (χ1n) is 21.9. The van der Waals surface area contributed by atoms with Gasteiger partial charge in [0.2, 0.25) is 21.9 Å². The summed E-state index contributed by atoms with van der Waals surface area (Å²) in [6.45, 7) is 5.83. The normalized spacial score (nSPS) is 21.0. The van der Waals surface area contributed by atoms with Crippen LogP contribution in [0.3, 0.4) is 0 Å². The maximum Gasteiger partial charge on any atom is 0.329 e. The van der Waals surface area contributed by atoms with Gasteiger partial charge in [-0.25, -0.2) is 27.9 Å². The van der Waals surface area contributed by atoms with Crippen LogP contribution in [0.15, 0.2) is 64.7 Å². The summed E-state index contributed by atoms with van der Waals surface area (Å²) in [5.41, 5.74) is 3.70. The molecule has 2 saturated carbocycles. The number of urea groups is 1. The molecule has 0 bridgehead atoms. The van der Waals surface area contributed by atoms with Crippen LogP contribution in [-0.2, 0) is 19.6 Å². The van der Waals surface area contributed by atoms with E-state index in [1.165, 1.54) is 5.56 Å². The number of hydrogen-bond donors (Lipinski definition) is 3. The number of aryl methyl sites for hydroxylation is 1. The van der Waals surface area contributed by atoms with Gasteiger partial charge in [0.05, 0.1) is 23.8 Å². The van der Waals surface area contributed by atoms with Crippen LogP contribution in [0.4, 0.5) is 22.2 Å². The number of pyridine rings is 2. The van der Waals surface area contributed by atoms with Gasteiger partial charge in [-0.05, 0) is 131 Å². The highest BCUT2D eigenvalue weighted by Crippen LogP contribution is 2.34. The van der Waals surface area contributed by atoms with Crippen molar-refractivity contribution in [3.63, 3.8) is 0 Å². The van der Waals surface area contributed by atoms with Gasteiger partial charge < -0.3 is 15.0 Å². The highest BCUT2D eigenvalue weighted by Gasteiger charge is 2.29. The minimum absolute atomic E-state index is 0.0437. The number of rotatable bonds is 13. The van der Waals surface area contributed by atoms with Crippen molar-refractivity contribution < 1.29 is 22.7 Å². The molecule has 2 aliphatic heterocycles. The molecule has 5 aromatic rings. The van der Waals surface area contributed by atoms with Gasteiger partial charge in [-0.2, -0.15) is 4.98 Å². The van der Waals surface area contributed by atoms with Crippen LogP contribution in [0.5, 0.6) is 0 Å². The number of carbonyl (C=O) groups is 2. The van der Waals surface area contributed by atoms with Gasteiger partial charge in [0.25, 0.3) is 5.56 Å². The number of nitrogens with one attached hydrogen (secondary N) is 3. The Labute approximate surface area is 365 Å². The monoisotopic (exact) mass is 884 g/mol. The smallest absolute Gasteiger partial charge is 0.329 e. The minimum atomic E-state index is -3.77. The Kier molecular flexibility index (Phi) is 12.3. The summed E-state index contributed by atoms with van der Waals surface area (Å²) in [5.74, 6) is 1.79. The van der Waals surface area contributed by atoms with Crippen LogP contribution in [-0.4, -0.2) is 94.6 Å². The molecular weight excluding hydrogens is 832 g/mol. The Hall–Kier alpha value is -4.94. The van der Waals surface area contributed by atoms with Gasteiger partial charge in [0.1, 0.15) is 22.1 Å². The summed E-state index contributed by atoms with van der Waals surface area (Å²) in [4.78, 5) is 55.1. The van der Waals surface area contributed by atoms with Gasteiger partial charge in [-0.1, -0.05) is 24.4 Å². The predicted molar refractivity (Wildman–Crippen MR) is 237 cm³/mol. The van der Waals surface area contributed by atoms with E-state index in [1.54, 1.807) is 46.1 Å². The molecule has 16 nitrogen and oxygen atoms in total. The second-order valence-electron chi connectivity index (χ2n) is 17.2. The molecular formula is C44H53ClN10O6S.